The molecule has 0 bridgehead atoms. The Balaban J connectivity index is 1.67. The molecule has 1 saturated heterocycles. The molecule has 0 saturated carbocycles. The summed E-state index contributed by atoms with van der Waals surface area (Å²) in [4.78, 5) is 22.8. The highest BCUT2D eigenvalue weighted by Crippen LogP contribution is 2.27. The van der Waals surface area contributed by atoms with E-state index < -0.39 is 5.97 Å². The normalized spacial score (nSPS) is 14.6. The first kappa shape index (κ1) is 18.9. The van der Waals surface area contributed by atoms with E-state index in [1.54, 1.807) is 18.2 Å². The Morgan fingerprint density at radius 3 is 2.70 bits per heavy atom. The molecule has 2 aromatic rings. The SMILES string of the molecule is COC(=O)c1ccccc1Nc1ncnc(NCCN2CCCCC2)c1N. The van der Waals surface area contributed by atoms with E-state index in [4.69, 9.17) is 10.5 Å². The lowest BCUT2D eigenvalue weighted by molar-refractivity contribution is 0.0602. The number of benzene rings is 1. The molecule has 27 heavy (non-hydrogen) atoms. The van der Waals surface area contributed by atoms with Crippen molar-refractivity contribution in [1.82, 2.24) is 14.9 Å². The van der Waals surface area contributed by atoms with Crippen molar-refractivity contribution in [2.45, 2.75) is 19.3 Å². The maximum absolute atomic E-state index is 11.9. The first-order valence-corrected chi connectivity index (χ1v) is 9.20. The van der Waals surface area contributed by atoms with Crippen molar-refractivity contribution < 1.29 is 9.53 Å². The van der Waals surface area contributed by atoms with E-state index >= 15 is 0 Å². The summed E-state index contributed by atoms with van der Waals surface area (Å²) in [6, 6.07) is 7.05. The van der Waals surface area contributed by atoms with Crippen LogP contribution in [0.1, 0.15) is 29.6 Å². The maximum atomic E-state index is 11.9. The number of para-hydroxylation sites is 1. The Kier molecular flexibility index (Phi) is 6.43. The summed E-state index contributed by atoms with van der Waals surface area (Å²) >= 11 is 0. The van der Waals surface area contributed by atoms with E-state index in [-0.39, 0.29) is 0 Å². The smallest absolute Gasteiger partial charge is 0.339 e. The maximum Gasteiger partial charge on any atom is 0.339 e. The zero-order valence-corrected chi connectivity index (χ0v) is 15.6. The van der Waals surface area contributed by atoms with Gasteiger partial charge < -0.3 is 26.0 Å². The van der Waals surface area contributed by atoms with E-state index in [9.17, 15) is 4.79 Å². The molecule has 0 atom stereocenters. The second-order valence-electron chi connectivity index (χ2n) is 6.48. The molecule has 0 unspecified atom stereocenters. The van der Waals surface area contributed by atoms with Crippen molar-refractivity contribution >= 4 is 29.0 Å². The summed E-state index contributed by atoms with van der Waals surface area (Å²) < 4.78 is 4.82. The van der Waals surface area contributed by atoms with E-state index in [2.05, 4.69) is 25.5 Å². The number of carbonyl (C=O) groups is 1. The second kappa shape index (κ2) is 9.18. The topological polar surface area (TPSA) is 105 Å². The lowest BCUT2D eigenvalue weighted by Crippen LogP contribution is -2.33. The predicted molar refractivity (Wildman–Crippen MR) is 106 cm³/mol. The molecule has 1 aromatic carbocycles. The van der Waals surface area contributed by atoms with E-state index in [0.29, 0.717) is 28.6 Å². The lowest BCUT2D eigenvalue weighted by atomic mass is 10.1. The van der Waals surface area contributed by atoms with Gasteiger partial charge in [0.1, 0.15) is 12.0 Å². The van der Waals surface area contributed by atoms with Crippen molar-refractivity contribution in [2.24, 2.45) is 0 Å². The summed E-state index contributed by atoms with van der Waals surface area (Å²) in [7, 11) is 1.35. The summed E-state index contributed by atoms with van der Waals surface area (Å²) in [5.74, 6) is 0.604. The number of hydrogen-bond acceptors (Lipinski definition) is 8. The monoisotopic (exact) mass is 370 g/mol. The third-order valence-corrected chi connectivity index (χ3v) is 4.64. The summed E-state index contributed by atoms with van der Waals surface area (Å²) in [6.45, 7) is 4.02. The van der Waals surface area contributed by atoms with Crippen LogP contribution in [0.2, 0.25) is 0 Å². The molecule has 0 amide bonds. The van der Waals surface area contributed by atoms with Crippen LogP contribution in [0.5, 0.6) is 0 Å². The highest BCUT2D eigenvalue weighted by molar-refractivity contribution is 5.97. The molecular formula is C19H26N6O2. The van der Waals surface area contributed by atoms with Crippen LogP contribution in [-0.2, 0) is 4.74 Å². The van der Waals surface area contributed by atoms with Gasteiger partial charge in [0, 0.05) is 13.1 Å². The standard InChI is InChI=1S/C19H26N6O2/c1-27-19(26)14-7-3-4-8-15(14)24-18-16(20)17(22-13-23-18)21-9-12-25-10-5-2-6-11-25/h3-4,7-8,13H,2,5-6,9-12,20H2,1H3,(H2,21,22,23,24). The average molecular weight is 370 g/mol. The van der Waals surface area contributed by atoms with Crippen LogP contribution in [0, 0.1) is 0 Å². The number of likely N-dealkylation sites (tertiary alicyclic amines) is 1. The van der Waals surface area contributed by atoms with Gasteiger partial charge in [-0.3, -0.25) is 0 Å². The summed E-state index contributed by atoms with van der Waals surface area (Å²) in [6.07, 6.45) is 5.31. The van der Waals surface area contributed by atoms with Gasteiger partial charge in [-0.1, -0.05) is 18.6 Å². The third-order valence-electron chi connectivity index (χ3n) is 4.64. The summed E-state index contributed by atoms with van der Waals surface area (Å²) in [5, 5.41) is 6.39. The molecule has 1 aliphatic heterocycles. The lowest BCUT2D eigenvalue weighted by Gasteiger charge is -2.26. The van der Waals surface area contributed by atoms with Crippen molar-refractivity contribution in [1.29, 1.82) is 0 Å². The van der Waals surface area contributed by atoms with E-state index in [1.807, 2.05) is 6.07 Å². The second-order valence-corrected chi connectivity index (χ2v) is 6.48. The number of anilines is 4. The molecule has 1 fully saturated rings. The predicted octanol–water partition coefficient (Wildman–Crippen LogP) is 2.49. The van der Waals surface area contributed by atoms with Crippen molar-refractivity contribution in [3.63, 3.8) is 0 Å². The van der Waals surface area contributed by atoms with Crippen molar-refractivity contribution in [3.05, 3.63) is 36.2 Å². The number of nitrogens with two attached hydrogens (primary N) is 1. The van der Waals surface area contributed by atoms with Crippen LogP contribution in [0.15, 0.2) is 30.6 Å². The molecule has 1 aliphatic rings. The molecule has 144 valence electrons. The van der Waals surface area contributed by atoms with Gasteiger partial charge in [0.25, 0.3) is 0 Å². The number of rotatable bonds is 7. The number of nitrogen functional groups attached to an aromatic ring is 1. The quantitative estimate of drug-likeness (QED) is 0.639. The van der Waals surface area contributed by atoms with E-state index in [0.717, 1.165) is 26.2 Å². The van der Waals surface area contributed by atoms with Gasteiger partial charge in [0.05, 0.1) is 18.4 Å². The van der Waals surface area contributed by atoms with Crippen LogP contribution in [0.3, 0.4) is 0 Å². The number of carbonyl (C=O) groups excluding carboxylic acids is 1. The van der Waals surface area contributed by atoms with Crippen LogP contribution in [0.4, 0.5) is 23.0 Å². The molecule has 0 radical (unpaired) electrons. The number of nitrogens with zero attached hydrogens (tertiary/aromatic N) is 3. The number of esters is 1. The van der Waals surface area contributed by atoms with Gasteiger partial charge in [-0.2, -0.15) is 0 Å². The Hall–Kier alpha value is -2.87. The molecule has 2 heterocycles. The Labute approximate surface area is 159 Å². The first-order chi connectivity index (χ1) is 13.2. The Morgan fingerprint density at radius 1 is 1.19 bits per heavy atom. The highest BCUT2D eigenvalue weighted by Gasteiger charge is 2.15. The van der Waals surface area contributed by atoms with Crippen molar-refractivity contribution in [2.75, 3.05) is 49.7 Å². The number of aromatic nitrogens is 2. The Bertz CT molecular complexity index is 777. The molecule has 1 aromatic heterocycles. The van der Waals surface area contributed by atoms with Crippen molar-refractivity contribution in [3.8, 4) is 0 Å². The van der Waals surface area contributed by atoms with Gasteiger partial charge in [-0.25, -0.2) is 14.8 Å². The molecule has 8 heteroatoms. The third kappa shape index (κ3) is 4.85. The molecule has 3 rings (SSSR count). The zero-order chi connectivity index (χ0) is 19.1. The van der Waals surface area contributed by atoms with Crippen LogP contribution < -0.4 is 16.4 Å². The molecule has 0 spiro atoms. The summed E-state index contributed by atoms with van der Waals surface area (Å²) in [5.41, 5.74) is 7.63. The van der Waals surface area contributed by atoms with Gasteiger partial charge in [0.2, 0.25) is 0 Å². The Morgan fingerprint density at radius 2 is 1.93 bits per heavy atom. The number of ether oxygens (including phenoxy) is 1. The molecular weight excluding hydrogens is 344 g/mol. The van der Waals surface area contributed by atoms with E-state index in [1.165, 1.54) is 32.7 Å². The number of hydrogen-bond donors (Lipinski definition) is 3. The fourth-order valence-corrected chi connectivity index (χ4v) is 3.16. The molecule has 0 aliphatic carbocycles. The number of methoxy groups -OCH3 is 1. The average Bonchev–Trinajstić information content (AvgIpc) is 2.71. The fraction of sp³-hybridized carbons (Fsp3) is 0.421. The minimum absolute atomic E-state index is 0.413. The fourth-order valence-electron chi connectivity index (χ4n) is 3.16. The first-order valence-electron chi connectivity index (χ1n) is 9.20. The minimum atomic E-state index is -0.425. The van der Waals surface area contributed by atoms with Gasteiger partial charge in [-0.15, -0.1) is 0 Å². The van der Waals surface area contributed by atoms with Crippen LogP contribution >= 0.6 is 0 Å². The minimum Gasteiger partial charge on any atom is -0.465 e. The highest BCUT2D eigenvalue weighted by atomic mass is 16.5. The van der Waals surface area contributed by atoms with Crippen LogP contribution in [0.25, 0.3) is 0 Å². The van der Waals surface area contributed by atoms with Gasteiger partial charge >= 0.3 is 5.97 Å². The van der Waals surface area contributed by atoms with Crippen LogP contribution in [-0.4, -0.2) is 54.1 Å². The largest absolute Gasteiger partial charge is 0.465 e. The number of nitrogens with one attached hydrogen (secondary N) is 2. The van der Waals surface area contributed by atoms with Gasteiger partial charge in [-0.05, 0) is 38.1 Å². The molecule has 4 N–H and O–H groups in total. The molecule has 8 nitrogen and oxygen atoms in total. The van der Waals surface area contributed by atoms with Gasteiger partial charge in [0.15, 0.2) is 11.6 Å². The zero-order valence-electron chi connectivity index (χ0n) is 15.6. The number of piperidine rings is 1.